The van der Waals surface area contributed by atoms with Crippen molar-refractivity contribution in [2.75, 3.05) is 32.8 Å². The van der Waals surface area contributed by atoms with Crippen molar-refractivity contribution in [3.05, 3.63) is 12.2 Å². The second-order valence-corrected chi connectivity index (χ2v) is 4.74. The van der Waals surface area contributed by atoms with Crippen LogP contribution in [0.25, 0.3) is 0 Å². The van der Waals surface area contributed by atoms with Gasteiger partial charge in [-0.25, -0.2) is 0 Å². The van der Waals surface area contributed by atoms with Crippen molar-refractivity contribution in [2.45, 2.75) is 32.2 Å². The average molecular weight is 212 g/mol. The molecule has 0 aliphatic carbocycles. The van der Waals surface area contributed by atoms with Crippen LogP contribution >= 0.6 is 0 Å². The van der Waals surface area contributed by atoms with E-state index in [0.717, 1.165) is 45.7 Å². The minimum Gasteiger partial charge on any atom is -0.381 e. The molecule has 0 amide bonds. The minimum absolute atomic E-state index is 0.0519. The number of rotatable bonds is 5. The van der Waals surface area contributed by atoms with Gasteiger partial charge in [0.25, 0.3) is 0 Å². The fourth-order valence-corrected chi connectivity index (χ4v) is 2.04. The van der Waals surface area contributed by atoms with E-state index in [-0.39, 0.29) is 5.54 Å². The summed E-state index contributed by atoms with van der Waals surface area (Å²) in [4.78, 5) is 2.37. The van der Waals surface area contributed by atoms with Crippen LogP contribution in [0.1, 0.15) is 26.7 Å². The maximum Gasteiger partial charge on any atom is 0.0484 e. The van der Waals surface area contributed by atoms with Gasteiger partial charge in [-0.2, -0.15) is 0 Å². The summed E-state index contributed by atoms with van der Waals surface area (Å²) >= 11 is 0. The fraction of sp³-hybridized carbons (Fsp3) is 0.833. The summed E-state index contributed by atoms with van der Waals surface area (Å²) in [6, 6.07) is 0. The van der Waals surface area contributed by atoms with Crippen LogP contribution in [0.15, 0.2) is 12.2 Å². The molecule has 0 aromatic rings. The molecule has 2 N–H and O–H groups in total. The topological polar surface area (TPSA) is 38.5 Å². The van der Waals surface area contributed by atoms with Crippen molar-refractivity contribution < 1.29 is 4.74 Å². The van der Waals surface area contributed by atoms with Crippen molar-refractivity contribution in [1.29, 1.82) is 0 Å². The van der Waals surface area contributed by atoms with Crippen molar-refractivity contribution >= 4 is 0 Å². The quantitative estimate of drug-likeness (QED) is 0.700. The van der Waals surface area contributed by atoms with E-state index >= 15 is 0 Å². The summed E-state index contributed by atoms with van der Waals surface area (Å²) in [5.41, 5.74) is 7.51. The molecule has 1 aliphatic rings. The first-order valence-electron chi connectivity index (χ1n) is 5.79. The molecule has 0 radical (unpaired) electrons. The Balaban J connectivity index is 2.45. The largest absolute Gasteiger partial charge is 0.381 e. The zero-order valence-corrected chi connectivity index (χ0v) is 10.1. The molecule has 0 aromatic carbocycles. The molecule has 1 fully saturated rings. The summed E-state index contributed by atoms with van der Waals surface area (Å²) in [6.07, 6.45) is 1.94. The van der Waals surface area contributed by atoms with Crippen LogP contribution in [0, 0.1) is 0 Å². The second-order valence-electron chi connectivity index (χ2n) is 4.74. The van der Waals surface area contributed by atoms with Crippen molar-refractivity contribution in [3.8, 4) is 0 Å². The van der Waals surface area contributed by atoms with Crippen LogP contribution in [0.4, 0.5) is 0 Å². The summed E-state index contributed by atoms with van der Waals surface area (Å²) < 4.78 is 5.35. The first-order chi connectivity index (χ1) is 7.06. The van der Waals surface area contributed by atoms with Gasteiger partial charge in [0, 0.05) is 31.8 Å². The van der Waals surface area contributed by atoms with Crippen molar-refractivity contribution in [3.63, 3.8) is 0 Å². The van der Waals surface area contributed by atoms with Crippen LogP contribution in [0.5, 0.6) is 0 Å². The predicted molar refractivity (Wildman–Crippen MR) is 63.9 cm³/mol. The van der Waals surface area contributed by atoms with Crippen LogP contribution in [-0.2, 0) is 4.74 Å². The highest BCUT2D eigenvalue weighted by Crippen LogP contribution is 2.19. The first-order valence-corrected chi connectivity index (χ1v) is 5.79. The summed E-state index contributed by atoms with van der Waals surface area (Å²) in [5, 5.41) is 0. The summed E-state index contributed by atoms with van der Waals surface area (Å²) in [6.45, 7) is 12.7. The molecule has 0 unspecified atom stereocenters. The highest BCUT2D eigenvalue weighted by atomic mass is 16.5. The monoisotopic (exact) mass is 212 g/mol. The van der Waals surface area contributed by atoms with Crippen LogP contribution in [0.3, 0.4) is 0 Å². The molecule has 0 spiro atoms. The molecule has 0 atom stereocenters. The van der Waals surface area contributed by atoms with Gasteiger partial charge in [0.15, 0.2) is 0 Å². The zero-order valence-electron chi connectivity index (χ0n) is 10.1. The van der Waals surface area contributed by atoms with Crippen LogP contribution in [-0.4, -0.2) is 43.3 Å². The number of nitrogens with two attached hydrogens (primary N) is 1. The lowest BCUT2D eigenvalue weighted by atomic mass is 9.90. The Morgan fingerprint density at radius 1 is 1.47 bits per heavy atom. The molecule has 88 valence electrons. The van der Waals surface area contributed by atoms with E-state index in [1.165, 1.54) is 5.57 Å². The molecule has 0 aromatic heterocycles. The van der Waals surface area contributed by atoms with Gasteiger partial charge in [0.05, 0.1) is 0 Å². The first kappa shape index (κ1) is 12.7. The molecule has 1 saturated heterocycles. The number of likely N-dealkylation sites (N-methyl/N-ethyl adjacent to an activating group) is 1. The smallest absolute Gasteiger partial charge is 0.0484 e. The van der Waals surface area contributed by atoms with E-state index in [4.69, 9.17) is 10.5 Å². The number of ether oxygens (including phenoxy) is 1. The molecule has 15 heavy (non-hydrogen) atoms. The van der Waals surface area contributed by atoms with Gasteiger partial charge in [-0.3, -0.25) is 4.90 Å². The standard InChI is InChI=1S/C12H24N2O/c1-4-14(9-11(2)3)10-12(13)5-7-15-8-6-12/h2,4-10,13H2,1,3H3. The van der Waals surface area contributed by atoms with Gasteiger partial charge in [-0.1, -0.05) is 19.1 Å². The SMILES string of the molecule is C=C(C)CN(CC)CC1(N)CCOCC1. The maximum absolute atomic E-state index is 6.36. The third-order valence-electron chi connectivity index (χ3n) is 2.97. The second kappa shape index (κ2) is 5.64. The third-order valence-corrected chi connectivity index (χ3v) is 2.97. The molecule has 1 rings (SSSR count). The summed E-state index contributed by atoms with van der Waals surface area (Å²) in [5.74, 6) is 0. The molecule has 1 aliphatic heterocycles. The van der Waals surface area contributed by atoms with E-state index in [1.807, 2.05) is 0 Å². The molecule has 3 heteroatoms. The molecule has 0 bridgehead atoms. The summed E-state index contributed by atoms with van der Waals surface area (Å²) in [7, 11) is 0. The highest BCUT2D eigenvalue weighted by molar-refractivity contribution is 4.95. The van der Waals surface area contributed by atoms with Gasteiger partial charge in [0.1, 0.15) is 0 Å². The number of nitrogens with zero attached hydrogens (tertiary/aromatic N) is 1. The van der Waals surface area contributed by atoms with Gasteiger partial charge >= 0.3 is 0 Å². The normalized spacial score (nSPS) is 20.5. The minimum atomic E-state index is -0.0519. The lowest BCUT2D eigenvalue weighted by Gasteiger charge is -2.37. The molecule has 1 heterocycles. The van der Waals surface area contributed by atoms with Gasteiger partial charge in [-0.15, -0.1) is 0 Å². The molecule has 0 saturated carbocycles. The maximum atomic E-state index is 6.36. The van der Waals surface area contributed by atoms with Crippen LogP contribution in [0.2, 0.25) is 0 Å². The van der Waals surface area contributed by atoms with E-state index in [9.17, 15) is 0 Å². The Labute approximate surface area is 93.3 Å². The average Bonchev–Trinajstić information content (AvgIpc) is 2.16. The van der Waals surface area contributed by atoms with E-state index in [0.29, 0.717) is 0 Å². The predicted octanol–water partition coefficient (Wildman–Crippen LogP) is 1.39. The van der Waals surface area contributed by atoms with Crippen molar-refractivity contribution in [1.82, 2.24) is 4.90 Å². The van der Waals surface area contributed by atoms with Gasteiger partial charge in [-0.05, 0) is 26.3 Å². The Morgan fingerprint density at radius 3 is 2.53 bits per heavy atom. The fourth-order valence-electron chi connectivity index (χ4n) is 2.04. The third kappa shape index (κ3) is 4.33. The number of hydrogen-bond acceptors (Lipinski definition) is 3. The Hall–Kier alpha value is -0.380. The van der Waals surface area contributed by atoms with E-state index < -0.39 is 0 Å². The van der Waals surface area contributed by atoms with Crippen LogP contribution < -0.4 is 5.73 Å². The Morgan fingerprint density at radius 2 is 2.07 bits per heavy atom. The molecule has 3 nitrogen and oxygen atoms in total. The lowest BCUT2D eigenvalue weighted by Crippen LogP contribution is -2.53. The number of hydrogen-bond donors (Lipinski definition) is 1. The molecular weight excluding hydrogens is 188 g/mol. The lowest BCUT2D eigenvalue weighted by molar-refractivity contribution is 0.0396. The Bertz CT molecular complexity index is 210. The Kier molecular flexibility index (Phi) is 4.77. The van der Waals surface area contributed by atoms with Gasteiger partial charge in [0.2, 0.25) is 0 Å². The van der Waals surface area contributed by atoms with Gasteiger partial charge < -0.3 is 10.5 Å². The highest BCUT2D eigenvalue weighted by Gasteiger charge is 2.29. The van der Waals surface area contributed by atoms with Crippen molar-refractivity contribution in [2.24, 2.45) is 5.73 Å². The van der Waals surface area contributed by atoms with E-state index in [2.05, 4.69) is 25.3 Å². The van der Waals surface area contributed by atoms with E-state index in [1.54, 1.807) is 0 Å². The zero-order chi connectivity index (χ0) is 11.3. The molecular formula is C12H24N2O.